The Morgan fingerprint density at radius 1 is 1.16 bits per heavy atom. The number of hydrogen-bond donors (Lipinski definition) is 0. The zero-order chi connectivity index (χ0) is 22.5. The Balaban J connectivity index is 1.46. The van der Waals surface area contributed by atoms with E-state index in [2.05, 4.69) is 10.2 Å². The van der Waals surface area contributed by atoms with E-state index >= 15 is 0 Å². The van der Waals surface area contributed by atoms with Crippen molar-refractivity contribution in [2.75, 3.05) is 5.01 Å². The summed E-state index contributed by atoms with van der Waals surface area (Å²) in [7, 11) is 0. The highest BCUT2D eigenvalue weighted by Gasteiger charge is 2.47. The number of benzene rings is 2. The van der Waals surface area contributed by atoms with E-state index in [1.807, 2.05) is 30.3 Å². The van der Waals surface area contributed by atoms with Gasteiger partial charge < -0.3 is 4.74 Å². The second kappa shape index (κ2) is 7.74. The van der Waals surface area contributed by atoms with Gasteiger partial charge >= 0.3 is 11.9 Å². The highest BCUT2D eigenvalue weighted by atomic mass is 32.2. The number of nitrogens with zero attached hydrogens (tertiary/aromatic N) is 5. The Morgan fingerprint density at radius 2 is 1.94 bits per heavy atom. The van der Waals surface area contributed by atoms with Crippen LogP contribution in [-0.2, 0) is 12.8 Å². The van der Waals surface area contributed by atoms with Gasteiger partial charge in [-0.3, -0.25) is 15.1 Å². The van der Waals surface area contributed by atoms with E-state index in [1.54, 1.807) is 11.5 Å². The van der Waals surface area contributed by atoms with Crippen LogP contribution in [0.2, 0.25) is 0 Å². The number of hydrogen-bond acceptors (Lipinski definition) is 8. The minimum Gasteiger partial charge on any atom is -0.482 e. The zero-order valence-electron chi connectivity index (χ0n) is 15.9. The van der Waals surface area contributed by atoms with Crippen LogP contribution in [0.3, 0.4) is 0 Å². The molecule has 2 aliphatic heterocycles. The van der Waals surface area contributed by atoms with Crippen LogP contribution in [0.15, 0.2) is 64.1 Å². The first-order valence-corrected chi connectivity index (χ1v) is 10.9. The SMILES string of the molecule is O=[N+]([O-])c1cc(C2SC=C3Sc4nnc(C(F)(F)F)n4N32)ccc1OCc1ccccc1. The molecule has 0 radical (unpaired) electrons. The fourth-order valence-electron chi connectivity index (χ4n) is 3.33. The van der Waals surface area contributed by atoms with Crippen molar-refractivity contribution in [2.45, 2.75) is 23.3 Å². The minimum atomic E-state index is -4.69. The smallest absolute Gasteiger partial charge is 0.453 e. The quantitative estimate of drug-likeness (QED) is 0.370. The van der Waals surface area contributed by atoms with E-state index in [0.717, 1.165) is 22.0 Å². The van der Waals surface area contributed by atoms with Gasteiger partial charge in [0, 0.05) is 11.5 Å². The average molecular weight is 479 g/mol. The van der Waals surface area contributed by atoms with Gasteiger partial charge in [0.2, 0.25) is 5.16 Å². The van der Waals surface area contributed by atoms with Gasteiger partial charge in [-0.1, -0.05) is 48.2 Å². The Kier molecular flexibility index (Phi) is 5.01. The first-order chi connectivity index (χ1) is 15.3. The lowest BCUT2D eigenvalue weighted by atomic mass is 10.1. The van der Waals surface area contributed by atoms with Crippen molar-refractivity contribution in [1.82, 2.24) is 14.9 Å². The van der Waals surface area contributed by atoms with Crippen LogP contribution >= 0.6 is 23.5 Å². The molecule has 164 valence electrons. The van der Waals surface area contributed by atoms with Crippen LogP contribution in [0.1, 0.15) is 22.3 Å². The van der Waals surface area contributed by atoms with E-state index in [1.165, 1.54) is 28.9 Å². The summed E-state index contributed by atoms with van der Waals surface area (Å²) in [5.41, 5.74) is 1.04. The van der Waals surface area contributed by atoms with Crippen LogP contribution in [0, 0.1) is 10.1 Å². The van der Waals surface area contributed by atoms with Gasteiger partial charge in [-0.15, -0.1) is 10.2 Å². The molecule has 32 heavy (non-hydrogen) atoms. The third-order valence-electron chi connectivity index (χ3n) is 4.72. The lowest BCUT2D eigenvalue weighted by Crippen LogP contribution is -2.33. The number of alkyl halides is 3. The molecule has 2 aromatic carbocycles. The number of nitro groups is 1. The monoisotopic (exact) mass is 479 g/mol. The molecule has 1 unspecified atom stereocenters. The molecule has 8 nitrogen and oxygen atoms in total. The van der Waals surface area contributed by atoms with Crippen molar-refractivity contribution in [2.24, 2.45) is 0 Å². The van der Waals surface area contributed by atoms with E-state index in [4.69, 9.17) is 4.74 Å². The van der Waals surface area contributed by atoms with E-state index in [9.17, 15) is 23.3 Å². The fourth-order valence-corrected chi connectivity index (χ4v) is 5.54. The van der Waals surface area contributed by atoms with Crippen molar-refractivity contribution in [3.63, 3.8) is 0 Å². The van der Waals surface area contributed by atoms with Gasteiger partial charge in [-0.25, -0.2) is 4.68 Å². The number of fused-ring (bicyclic) bond motifs is 3. The molecule has 5 rings (SSSR count). The molecule has 0 amide bonds. The third-order valence-corrected chi connectivity index (χ3v) is 6.91. The van der Waals surface area contributed by atoms with Crippen LogP contribution in [0.5, 0.6) is 5.75 Å². The largest absolute Gasteiger partial charge is 0.482 e. The molecule has 0 saturated carbocycles. The van der Waals surface area contributed by atoms with E-state index in [-0.39, 0.29) is 23.2 Å². The van der Waals surface area contributed by atoms with Gasteiger partial charge in [0.1, 0.15) is 17.0 Å². The lowest BCUT2D eigenvalue weighted by Gasteiger charge is -2.26. The van der Waals surface area contributed by atoms with Crippen LogP contribution in [0.25, 0.3) is 0 Å². The molecule has 1 atom stereocenters. The normalized spacial score (nSPS) is 17.2. The van der Waals surface area contributed by atoms with Crippen molar-refractivity contribution in [1.29, 1.82) is 0 Å². The molecule has 2 aliphatic rings. The summed E-state index contributed by atoms with van der Waals surface area (Å²) in [6.07, 6.45) is -4.69. The Morgan fingerprint density at radius 3 is 2.66 bits per heavy atom. The van der Waals surface area contributed by atoms with E-state index < -0.39 is 22.3 Å². The van der Waals surface area contributed by atoms with Crippen molar-refractivity contribution in [3.05, 3.63) is 86.0 Å². The highest BCUT2D eigenvalue weighted by Crippen LogP contribution is 2.52. The Bertz CT molecular complexity index is 1230. The molecule has 0 bridgehead atoms. The maximum atomic E-state index is 13.4. The molecule has 3 heterocycles. The maximum Gasteiger partial charge on any atom is 0.453 e. The molecule has 1 aromatic heterocycles. The van der Waals surface area contributed by atoms with Crippen LogP contribution in [0.4, 0.5) is 18.9 Å². The topological polar surface area (TPSA) is 86.3 Å². The highest BCUT2D eigenvalue weighted by molar-refractivity contribution is 8.07. The lowest BCUT2D eigenvalue weighted by molar-refractivity contribution is -0.386. The van der Waals surface area contributed by atoms with Gasteiger partial charge in [0.05, 0.1) is 4.92 Å². The first kappa shape index (κ1) is 20.7. The second-order valence-electron chi connectivity index (χ2n) is 6.77. The Labute approximate surface area is 187 Å². The first-order valence-electron chi connectivity index (χ1n) is 9.13. The molecular formula is C19H12F3N5O3S2. The predicted molar refractivity (Wildman–Crippen MR) is 111 cm³/mol. The second-order valence-corrected chi connectivity index (χ2v) is 8.71. The van der Waals surface area contributed by atoms with Crippen LogP contribution in [-0.4, -0.2) is 19.8 Å². The molecular weight excluding hydrogens is 467 g/mol. The third kappa shape index (κ3) is 3.56. The molecule has 3 aromatic rings. The molecule has 0 N–H and O–H groups in total. The summed E-state index contributed by atoms with van der Waals surface area (Å²) in [4.78, 5) is 11.1. The standard InChI is InChI=1S/C19H12F3N5O3S2/c20-19(21,22)17-23-24-18-26(17)25-15(32-18)10-31-16(25)12-6-7-14(13(8-12)27(28)29)30-9-11-4-2-1-3-5-11/h1-8,10,16H,9H2. The average Bonchev–Trinajstić information content (AvgIpc) is 3.44. The Hall–Kier alpha value is -3.19. The van der Waals surface area contributed by atoms with Crippen molar-refractivity contribution >= 4 is 29.2 Å². The molecule has 13 heteroatoms. The summed E-state index contributed by atoms with van der Waals surface area (Å²) in [5.74, 6) is -1.07. The van der Waals surface area contributed by atoms with Gasteiger partial charge in [0.15, 0.2) is 5.75 Å². The number of rotatable bonds is 5. The number of aromatic nitrogens is 3. The summed E-state index contributed by atoms with van der Waals surface area (Å²) in [5, 5.41) is 21.7. The summed E-state index contributed by atoms with van der Waals surface area (Å²) < 4.78 is 46.8. The predicted octanol–water partition coefficient (Wildman–Crippen LogP) is 5.07. The molecule has 0 saturated heterocycles. The number of nitro benzene ring substituents is 1. The van der Waals surface area contributed by atoms with E-state index in [0.29, 0.717) is 10.6 Å². The van der Waals surface area contributed by atoms with Crippen molar-refractivity contribution in [3.8, 4) is 5.75 Å². The van der Waals surface area contributed by atoms with Gasteiger partial charge in [0.25, 0.3) is 5.82 Å². The number of halogens is 3. The summed E-state index contributed by atoms with van der Waals surface area (Å²) in [6, 6.07) is 13.6. The maximum absolute atomic E-state index is 13.4. The van der Waals surface area contributed by atoms with Gasteiger partial charge in [-0.2, -0.15) is 13.2 Å². The van der Waals surface area contributed by atoms with Crippen LogP contribution < -0.4 is 9.75 Å². The van der Waals surface area contributed by atoms with Crippen molar-refractivity contribution < 1.29 is 22.8 Å². The summed E-state index contributed by atoms with van der Waals surface area (Å²) >= 11 is 2.30. The minimum absolute atomic E-state index is 0.0792. The fraction of sp³-hybridized carbons (Fsp3) is 0.158. The molecule has 0 aliphatic carbocycles. The molecule has 0 fully saturated rings. The summed E-state index contributed by atoms with van der Waals surface area (Å²) in [6.45, 7) is 0.146. The number of ether oxygens (including phenoxy) is 1. The zero-order valence-corrected chi connectivity index (χ0v) is 17.5. The number of thioether (sulfide) groups is 2. The van der Waals surface area contributed by atoms with Gasteiger partial charge in [-0.05, 0) is 29.0 Å². The molecule has 0 spiro atoms.